The first kappa shape index (κ1) is 12.1. The highest BCUT2D eigenvalue weighted by molar-refractivity contribution is 5.88. The topological polar surface area (TPSA) is 39.0 Å². The monoisotopic (exact) mass is 214 g/mol. The number of rotatable bonds is 4. The molecule has 0 fully saturated rings. The molecule has 1 rings (SSSR count). The molecule has 0 aromatic rings. The first-order chi connectivity index (χ1) is 6.93. The summed E-state index contributed by atoms with van der Waals surface area (Å²) in [5, 5.41) is 0. The van der Waals surface area contributed by atoms with Crippen LogP contribution in [0.15, 0.2) is 11.8 Å². The molecule has 0 unspecified atom stereocenters. The lowest BCUT2D eigenvalue weighted by Gasteiger charge is -2.27. The summed E-state index contributed by atoms with van der Waals surface area (Å²) in [5.41, 5.74) is -0.470. The van der Waals surface area contributed by atoms with Crippen LogP contribution in [0.5, 0.6) is 0 Å². The molecule has 0 spiro atoms. The van der Waals surface area contributed by atoms with Crippen LogP contribution in [-0.4, -0.2) is 25.1 Å². The Morgan fingerprint density at radius 1 is 1.47 bits per heavy atom. The zero-order valence-corrected chi connectivity index (χ0v) is 9.92. The average Bonchev–Trinajstić information content (AvgIpc) is 1.99. The van der Waals surface area contributed by atoms with Crippen LogP contribution in [0.2, 0.25) is 0 Å². The van der Waals surface area contributed by atoms with Gasteiger partial charge in [-0.1, -0.05) is 0 Å². The maximum atomic E-state index is 5.55. The molecule has 0 saturated carbocycles. The maximum Gasteiger partial charge on any atom is 0.509 e. The molecule has 0 aromatic heterocycles. The Hall–Kier alpha value is -1.00. The molecule has 1 aliphatic heterocycles. The van der Waals surface area contributed by atoms with Gasteiger partial charge in [-0.2, -0.15) is 0 Å². The highest BCUT2D eigenvalue weighted by Gasteiger charge is 2.29. The lowest BCUT2D eigenvalue weighted by Crippen LogP contribution is -2.34. The predicted molar refractivity (Wildman–Crippen MR) is 55.8 cm³/mol. The molecule has 0 saturated heterocycles. The summed E-state index contributed by atoms with van der Waals surface area (Å²) in [6, 6.07) is 0. The van der Waals surface area contributed by atoms with E-state index in [2.05, 4.69) is 0 Å². The number of carbonyl (C=O) groups excluding carboxylic acids is 1. The van der Waals surface area contributed by atoms with Gasteiger partial charge in [-0.15, -0.1) is 0 Å². The minimum atomic E-state index is -0.470. The molecule has 0 aliphatic carbocycles. The van der Waals surface area contributed by atoms with Gasteiger partial charge in [0.2, 0.25) is 0 Å². The zero-order chi connectivity index (χ0) is 11.5. The van der Waals surface area contributed by atoms with Gasteiger partial charge < -0.3 is 18.6 Å². The fourth-order valence-electron chi connectivity index (χ4n) is 1.27. The quantitative estimate of drug-likeness (QED) is 0.530. The standard InChI is InChI=1S/C11H18O4/c1-8-6-9(2)14-10(13-8)15-11(3,4)7-12-5/h6H,7H2,1-5H3. The van der Waals surface area contributed by atoms with Crippen LogP contribution in [0.1, 0.15) is 27.7 Å². The van der Waals surface area contributed by atoms with E-state index in [1.807, 2.05) is 27.7 Å². The van der Waals surface area contributed by atoms with Crippen molar-refractivity contribution >= 4 is 5.78 Å². The molecule has 4 nitrogen and oxygen atoms in total. The smallest absolute Gasteiger partial charge is 0.455 e. The summed E-state index contributed by atoms with van der Waals surface area (Å²) in [7, 11) is 1.63. The molecule has 4 heteroatoms. The van der Waals surface area contributed by atoms with E-state index in [4.69, 9.17) is 18.6 Å². The van der Waals surface area contributed by atoms with Crippen molar-refractivity contribution in [2.45, 2.75) is 33.3 Å². The lowest BCUT2D eigenvalue weighted by molar-refractivity contribution is -0.553. The molecule has 1 heterocycles. The Labute approximate surface area is 90.5 Å². The van der Waals surface area contributed by atoms with E-state index >= 15 is 0 Å². The number of hydrogen-bond donors (Lipinski definition) is 0. The van der Waals surface area contributed by atoms with Gasteiger partial charge in [0, 0.05) is 7.11 Å². The van der Waals surface area contributed by atoms with Crippen molar-refractivity contribution in [3.8, 4) is 0 Å². The molecule has 86 valence electrons. The van der Waals surface area contributed by atoms with E-state index in [0.29, 0.717) is 6.61 Å². The second kappa shape index (κ2) is 4.68. The van der Waals surface area contributed by atoms with Crippen molar-refractivity contribution in [2.75, 3.05) is 13.7 Å². The highest BCUT2D eigenvalue weighted by atomic mass is 16.8. The summed E-state index contributed by atoms with van der Waals surface area (Å²) in [5.74, 6) is 1.50. The van der Waals surface area contributed by atoms with Gasteiger partial charge in [0.15, 0.2) is 5.78 Å². The Balaban J connectivity index is 2.57. The highest BCUT2D eigenvalue weighted by Crippen LogP contribution is 2.22. The Morgan fingerprint density at radius 3 is 2.67 bits per heavy atom. The second-order valence-corrected chi connectivity index (χ2v) is 4.11. The van der Waals surface area contributed by atoms with Crippen LogP contribution in [0.3, 0.4) is 0 Å². The number of ether oxygens (including phenoxy) is 3. The molecule has 0 amide bonds. The maximum absolute atomic E-state index is 5.55. The van der Waals surface area contributed by atoms with Gasteiger partial charge in [0.25, 0.3) is 0 Å². The summed E-state index contributed by atoms with van der Waals surface area (Å²) in [4.78, 5) is 0. The SMILES string of the molecule is COCC(C)(C)O[C-]1OC(C)=CC(C)=[O+]1. The lowest BCUT2D eigenvalue weighted by atomic mass is 10.1. The van der Waals surface area contributed by atoms with E-state index in [-0.39, 0.29) is 6.48 Å². The molecule has 0 bridgehead atoms. The molecular formula is C11H18O4. The molecule has 0 radical (unpaired) electrons. The Kier molecular flexibility index (Phi) is 3.77. The predicted octanol–water partition coefficient (Wildman–Crippen LogP) is 1.93. The van der Waals surface area contributed by atoms with E-state index in [1.54, 1.807) is 13.2 Å². The normalized spacial score (nSPS) is 17.0. The van der Waals surface area contributed by atoms with E-state index in [1.165, 1.54) is 0 Å². The van der Waals surface area contributed by atoms with Gasteiger partial charge >= 0.3 is 6.48 Å². The van der Waals surface area contributed by atoms with Crippen molar-refractivity contribution < 1.29 is 18.6 Å². The van der Waals surface area contributed by atoms with Gasteiger partial charge in [0.05, 0.1) is 18.0 Å². The van der Waals surface area contributed by atoms with Crippen LogP contribution in [-0.2, 0) is 18.6 Å². The third-order valence-electron chi connectivity index (χ3n) is 1.75. The van der Waals surface area contributed by atoms with Gasteiger partial charge in [-0.05, 0) is 33.8 Å². The molecule has 15 heavy (non-hydrogen) atoms. The number of hydrogen-bond acceptors (Lipinski definition) is 3. The second-order valence-electron chi connectivity index (χ2n) is 4.11. The minimum Gasteiger partial charge on any atom is -0.455 e. The van der Waals surface area contributed by atoms with Crippen molar-refractivity contribution in [1.82, 2.24) is 0 Å². The van der Waals surface area contributed by atoms with Crippen LogP contribution in [0.4, 0.5) is 0 Å². The zero-order valence-electron chi connectivity index (χ0n) is 9.92. The summed E-state index contributed by atoms with van der Waals surface area (Å²) in [6.07, 6.45) is 1.80. The third kappa shape index (κ3) is 3.93. The summed E-state index contributed by atoms with van der Waals surface area (Å²) < 4.78 is 21.2. The number of ketones is 1. The van der Waals surface area contributed by atoms with Crippen molar-refractivity contribution in [3.63, 3.8) is 0 Å². The van der Waals surface area contributed by atoms with Crippen molar-refractivity contribution in [3.05, 3.63) is 18.3 Å². The third-order valence-corrected chi connectivity index (χ3v) is 1.75. The first-order valence-electron chi connectivity index (χ1n) is 4.85. The van der Waals surface area contributed by atoms with Gasteiger partial charge in [-0.3, -0.25) is 0 Å². The number of allylic oxidation sites excluding steroid dienone is 2. The van der Waals surface area contributed by atoms with E-state index < -0.39 is 5.60 Å². The van der Waals surface area contributed by atoms with E-state index in [0.717, 1.165) is 11.5 Å². The summed E-state index contributed by atoms with van der Waals surface area (Å²) >= 11 is 0. The Morgan fingerprint density at radius 2 is 2.13 bits per heavy atom. The Bertz CT molecular complexity index is 278. The van der Waals surface area contributed by atoms with Crippen molar-refractivity contribution in [2.24, 2.45) is 0 Å². The fourth-order valence-corrected chi connectivity index (χ4v) is 1.27. The largest absolute Gasteiger partial charge is 0.509 e. The van der Waals surface area contributed by atoms with Crippen LogP contribution < -0.4 is 0 Å². The van der Waals surface area contributed by atoms with Crippen LogP contribution in [0.25, 0.3) is 0 Å². The number of methoxy groups -OCH3 is 1. The fraction of sp³-hybridized carbons (Fsp3) is 0.636. The van der Waals surface area contributed by atoms with Gasteiger partial charge in [0.1, 0.15) is 0 Å². The minimum absolute atomic E-state index is 0.162. The van der Waals surface area contributed by atoms with Crippen LogP contribution >= 0.6 is 0 Å². The molecule has 1 aliphatic rings. The van der Waals surface area contributed by atoms with E-state index in [9.17, 15) is 0 Å². The molecule has 0 N–H and O–H groups in total. The molecular weight excluding hydrogens is 196 g/mol. The summed E-state index contributed by atoms with van der Waals surface area (Å²) in [6.45, 7) is 8.12. The molecule has 0 aromatic carbocycles. The van der Waals surface area contributed by atoms with Gasteiger partial charge in [-0.25, -0.2) is 0 Å². The first-order valence-corrected chi connectivity index (χ1v) is 4.85. The molecule has 0 atom stereocenters. The van der Waals surface area contributed by atoms with Crippen LogP contribution in [0, 0.1) is 6.48 Å². The van der Waals surface area contributed by atoms with Crippen molar-refractivity contribution in [1.29, 1.82) is 0 Å². The average molecular weight is 214 g/mol.